The molecule has 1 aliphatic heterocycles. The van der Waals surface area contributed by atoms with Crippen LogP contribution in [0.25, 0.3) is 0 Å². The normalized spacial score (nSPS) is 24.4. The van der Waals surface area contributed by atoms with Gasteiger partial charge in [-0.1, -0.05) is 20.8 Å². The van der Waals surface area contributed by atoms with Crippen LogP contribution in [0, 0.1) is 5.41 Å². The summed E-state index contributed by atoms with van der Waals surface area (Å²) >= 11 is 0. The van der Waals surface area contributed by atoms with Gasteiger partial charge in [-0.05, 0) is 31.6 Å². The van der Waals surface area contributed by atoms with E-state index in [1.54, 1.807) is 0 Å². The molecule has 1 rings (SSSR count). The third-order valence-corrected chi connectivity index (χ3v) is 4.26. The Labute approximate surface area is 95.4 Å². The van der Waals surface area contributed by atoms with Crippen LogP contribution >= 0.6 is 0 Å². The zero-order valence-corrected chi connectivity index (χ0v) is 11.0. The van der Waals surface area contributed by atoms with Crippen molar-refractivity contribution in [2.75, 3.05) is 26.2 Å². The second-order valence-electron chi connectivity index (χ2n) is 5.15. The van der Waals surface area contributed by atoms with Crippen molar-refractivity contribution in [2.45, 2.75) is 53.0 Å². The predicted octanol–water partition coefficient (Wildman–Crippen LogP) is 2.50. The first kappa shape index (κ1) is 13.0. The molecule has 0 bridgehead atoms. The van der Waals surface area contributed by atoms with Gasteiger partial charge in [-0.15, -0.1) is 0 Å². The Morgan fingerprint density at radius 2 is 1.80 bits per heavy atom. The van der Waals surface area contributed by atoms with Gasteiger partial charge in [-0.2, -0.15) is 0 Å². The molecule has 0 unspecified atom stereocenters. The molecular weight excluding hydrogens is 184 g/mol. The highest BCUT2D eigenvalue weighted by molar-refractivity contribution is 4.83. The van der Waals surface area contributed by atoms with Gasteiger partial charge in [0.05, 0.1) is 0 Å². The molecule has 2 heteroatoms. The van der Waals surface area contributed by atoms with E-state index in [1.165, 1.54) is 38.9 Å². The smallest absolute Gasteiger partial charge is 0.0167 e. The second-order valence-corrected chi connectivity index (χ2v) is 5.15. The minimum absolute atomic E-state index is 0.567. The Morgan fingerprint density at radius 3 is 2.27 bits per heavy atom. The molecular formula is C13H28N2. The van der Waals surface area contributed by atoms with Crippen LogP contribution < -0.4 is 5.32 Å². The second kappa shape index (κ2) is 5.86. The van der Waals surface area contributed by atoms with Gasteiger partial charge in [-0.3, -0.25) is 4.90 Å². The fraction of sp³-hybridized carbons (Fsp3) is 1.00. The maximum absolute atomic E-state index is 3.51. The van der Waals surface area contributed by atoms with E-state index in [4.69, 9.17) is 0 Å². The largest absolute Gasteiger partial charge is 0.312 e. The standard InChI is InChI=1S/C13H28N2/c1-5-13(6-2,7-3)11-15-9-8-14-12(4)10-15/h12,14H,5-11H2,1-4H3/t12-/m1/s1. The van der Waals surface area contributed by atoms with Gasteiger partial charge < -0.3 is 5.32 Å². The number of hydrogen-bond donors (Lipinski definition) is 1. The molecule has 0 aromatic rings. The average molecular weight is 212 g/mol. The van der Waals surface area contributed by atoms with Crippen molar-refractivity contribution in [3.63, 3.8) is 0 Å². The lowest BCUT2D eigenvalue weighted by Crippen LogP contribution is -2.52. The van der Waals surface area contributed by atoms with Crippen LogP contribution in [0.1, 0.15) is 47.0 Å². The fourth-order valence-electron chi connectivity index (χ4n) is 2.72. The van der Waals surface area contributed by atoms with E-state index in [0.29, 0.717) is 11.5 Å². The summed E-state index contributed by atoms with van der Waals surface area (Å²) in [7, 11) is 0. The van der Waals surface area contributed by atoms with Crippen molar-refractivity contribution in [3.8, 4) is 0 Å². The van der Waals surface area contributed by atoms with Crippen LogP contribution in [0.5, 0.6) is 0 Å². The van der Waals surface area contributed by atoms with Gasteiger partial charge >= 0.3 is 0 Å². The number of piperazine rings is 1. The van der Waals surface area contributed by atoms with Crippen LogP contribution in [-0.4, -0.2) is 37.1 Å². The highest BCUT2D eigenvalue weighted by Crippen LogP contribution is 2.31. The molecule has 2 nitrogen and oxygen atoms in total. The molecule has 0 spiro atoms. The quantitative estimate of drug-likeness (QED) is 0.753. The first-order valence-electron chi connectivity index (χ1n) is 6.61. The summed E-state index contributed by atoms with van der Waals surface area (Å²) in [6.45, 7) is 14.2. The van der Waals surface area contributed by atoms with Crippen LogP contribution in [0.3, 0.4) is 0 Å². The molecule has 1 N–H and O–H groups in total. The molecule has 1 atom stereocenters. The van der Waals surface area contributed by atoms with Crippen molar-refractivity contribution in [1.82, 2.24) is 10.2 Å². The summed E-state index contributed by atoms with van der Waals surface area (Å²) in [6.07, 6.45) is 3.95. The molecule has 1 saturated heterocycles. The molecule has 90 valence electrons. The lowest BCUT2D eigenvalue weighted by Gasteiger charge is -2.40. The van der Waals surface area contributed by atoms with Gasteiger partial charge in [0.2, 0.25) is 0 Å². The molecule has 0 radical (unpaired) electrons. The molecule has 0 aromatic carbocycles. The molecule has 0 aromatic heterocycles. The van der Waals surface area contributed by atoms with Gasteiger partial charge in [-0.25, -0.2) is 0 Å². The summed E-state index contributed by atoms with van der Waals surface area (Å²) in [4.78, 5) is 2.65. The highest BCUT2D eigenvalue weighted by Gasteiger charge is 2.28. The molecule has 1 aliphatic rings. The van der Waals surface area contributed by atoms with Crippen molar-refractivity contribution >= 4 is 0 Å². The Morgan fingerprint density at radius 1 is 1.20 bits per heavy atom. The van der Waals surface area contributed by atoms with Crippen molar-refractivity contribution in [2.24, 2.45) is 5.41 Å². The third kappa shape index (κ3) is 3.46. The lowest BCUT2D eigenvalue weighted by molar-refractivity contribution is 0.108. The summed E-state index contributed by atoms with van der Waals surface area (Å²) in [6, 6.07) is 0.669. The summed E-state index contributed by atoms with van der Waals surface area (Å²) in [5, 5.41) is 3.51. The van der Waals surface area contributed by atoms with Crippen LogP contribution in [-0.2, 0) is 0 Å². The van der Waals surface area contributed by atoms with Crippen LogP contribution in [0.4, 0.5) is 0 Å². The minimum atomic E-state index is 0.567. The number of hydrogen-bond acceptors (Lipinski definition) is 2. The Bertz CT molecular complexity index is 167. The number of rotatable bonds is 5. The first-order valence-corrected chi connectivity index (χ1v) is 6.61. The monoisotopic (exact) mass is 212 g/mol. The van der Waals surface area contributed by atoms with Gasteiger partial charge in [0.1, 0.15) is 0 Å². The molecule has 0 saturated carbocycles. The van der Waals surface area contributed by atoms with Gasteiger partial charge in [0, 0.05) is 32.2 Å². The Kier molecular flexibility index (Phi) is 5.07. The summed E-state index contributed by atoms with van der Waals surface area (Å²) in [5.74, 6) is 0. The van der Waals surface area contributed by atoms with E-state index in [0.717, 1.165) is 6.54 Å². The molecule has 1 heterocycles. The van der Waals surface area contributed by atoms with E-state index in [1.807, 2.05) is 0 Å². The van der Waals surface area contributed by atoms with E-state index in [9.17, 15) is 0 Å². The third-order valence-electron chi connectivity index (χ3n) is 4.26. The highest BCUT2D eigenvalue weighted by atomic mass is 15.2. The van der Waals surface area contributed by atoms with E-state index in [-0.39, 0.29) is 0 Å². The van der Waals surface area contributed by atoms with Gasteiger partial charge in [0.25, 0.3) is 0 Å². The maximum atomic E-state index is 3.51. The zero-order chi connectivity index (χ0) is 11.3. The molecule has 15 heavy (non-hydrogen) atoms. The Hall–Kier alpha value is -0.0800. The van der Waals surface area contributed by atoms with E-state index < -0.39 is 0 Å². The van der Waals surface area contributed by atoms with Crippen LogP contribution in [0.15, 0.2) is 0 Å². The van der Waals surface area contributed by atoms with Crippen molar-refractivity contribution in [1.29, 1.82) is 0 Å². The minimum Gasteiger partial charge on any atom is -0.312 e. The zero-order valence-electron chi connectivity index (χ0n) is 11.0. The molecule has 0 amide bonds. The van der Waals surface area contributed by atoms with Crippen molar-refractivity contribution in [3.05, 3.63) is 0 Å². The summed E-state index contributed by atoms with van der Waals surface area (Å²) in [5.41, 5.74) is 0.567. The fourth-order valence-corrected chi connectivity index (χ4v) is 2.72. The predicted molar refractivity (Wildman–Crippen MR) is 67.2 cm³/mol. The van der Waals surface area contributed by atoms with Gasteiger partial charge in [0.15, 0.2) is 0 Å². The maximum Gasteiger partial charge on any atom is 0.0167 e. The SMILES string of the molecule is CCC(CC)(CC)CN1CCN[C@H](C)C1. The summed E-state index contributed by atoms with van der Waals surface area (Å²) < 4.78 is 0. The molecule has 0 aliphatic carbocycles. The van der Waals surface area contributed by atoms with Crippen molar-refractivity contribution < 1.29 is 0 Å². The molecule has 1 fully saturated rings. The topological polar surface area (TPSA) is 15.3 Å². The lowest BCUT2D eigenvalue weighted by atomic mass is 9.79. The number of nitrogens with zero attached hydrogens (tertiary/aromatic N) is 1. The first-order chi connectivity index (χ1) is 7.15. The van der Waals surface area contributed by atoms with E-state index >= 15 is 0 Å². The number of nitrogens with one attached hydrogen (secondary N) is 1. The van der Waals surface area contributed by atoms with E-state index in [2.05, 4.69) is 37.9 Å². The Balaban J connectivity index is 2.49. The average Bonchev–Trinajstić information content (AvgIpc) is 2.26. The van der Waals surface area contributed by atoms with Crippen LogP contribution in [0.2, 0.25) is 0 Å².